The number of aliphatic hydroxyl groups excluding tert-OH is 4. The van der Waals surface area contributed by atoms with Gasteiger partial charge in [0.2, 0.25) is 0 Å². The molecule has 4 fully saturated rings. The van der Waals surface area contributed by atoms with Crippen LogP contribution in [0.25, 0.3) is 0 Å². The minimum atomic E-state index is -5.23. The first kappa shape index (κ1) is 43.4. The predicted octanol–water partition coefficient (Wildman–Crippen LogP) is 1.08. The van der Waals surface area contributed by atoms with Gasteiger partial charge in [-0.15, -0.1) is 0 Å². The van der Waals surface area contributed by atoms with Crippen molar-refractivity contribution in [2.75, 3.05) is 19.8 Å². The standard InChI is InChI=1S/C40H49NO17S/c1-23-32(50-19-24-11-5-2-6-12-24)36(51-20-25-13-7-3-8-14-25)37(52-21-26-15-9-4-10-16-26)39(54-23)57-34-28(43)17-41-27(22-53-40(41)46)33(34)56-38-31(45)35(58-59(47,48)49)30(44)29(18-42)55-38/h2-16,23,27-39,42-45H,17-22H2,1H3,(H,47,48,49)/t23-,27+,28-,29+,30-,31+,32+,33+,34+,35-,36+,37-,38-,39-/m0/s1. The molecule has 4 aliphatic rings. The monoisotopic (exact) mass is 847 g/mol. The summed E-state index contributed by atoms with van der Waals surface area (Å²) in [6.45, 7) is 0.879. The average Bonchev–Trinajstić information content (AvgIpc) is 3.59. The van der Waals surface area contributed by atoms with Gasteiger partial charge in [-0.25, -0.2) is 8.98 Å². The van der Waals surface area contributed by atoms with E-state index in [0.29, 0.717) is 0 Å². The lowest BCUT2D eigenvalue weighted by atomic mass is 9.93. The van der Waals surface area contributed by atoms with Gasteiger partial charge in [0, 0.05) is 0 Å². The van der Waals surface area contributed by atoms with Crippen LogP contribution in [0.5, 0.6) is 0 Å². The largest absolute Gasteiger partial charge is 0.447 e. The number of hydrogen-bond acceptors (Lipinski definition) is 16. The second-order valence-electron chi connectivity index (χ2n) is 14.8. The summed E-state index contributed by atoms with van der Waals surface area (Å²) in [6, 6.07) is 27.5. The van der Waals surface area contributed by atoms with Crippen LogP contribution in [0, 0.1) is 0 Å². The Morgan fingerprint density at radius 3 is 1.75 bits per heavy atom. The van der Waals surface area contributed by atoms with E-state index in [9.17, 15) is 38.2 Å². The van der Waals surface area contributed by atoms with Crippen LogP contribution in [0.1, 0.15) is 23.6 Å². The molecular formula is C40H49NO17S. The highest BCUT2D eigenvalue weighted by molar-refractivity contribution is 7.80. The van der Waals surface area contributed by atoms with Gasteiger partial charge in [-0.05, 0) is 23.6 Å². The van der Waals surface area contributed by atoms with Crippen molar-refractivity contribution in [1.82, 2.24) is 4.90 Å². The molecule has 3 aromatic carbocycles. The highest BCUT2D eigenvalue weighted by Crippen LogP contribution is 2.37. The molecule has 0 radical (unpaired) electrons. The third-order valence-electron chi connectivity index (χ3n) is 10.7. The number of ether oxygens (including phenoxy) is 8. The first-order valence-electron chi connectivity index (χ1n) is 19.2. The minimum absolute atomic E-state index is 0.0910. The molecule has 7 rings (SSSR count). The maximum atomic E-state index is 12.8. The van der Waals surface area contributed by atoms with Crippen molar-refractivity contribution in [3.05, 3.63) is 108 Å². The lowest BCUT2D eigenvalue weighted by Crippen LogP contribution is -2.68. The third kappa shape index (κ3) is 10.5. The lowest BCUT2D eigenvalue weighted by molar-refractivity contribution is -0.360. The molecule has 4 saturated heterocycles. The van der Waals surface area contributed by atoms with E-state index in [1.165, 1.54) is 4.90 Å². The predicted molar refractivity (Wildman–Crippen MR) is 201 cm³/mol. The zero-order valence-electron chi connectivity index (χ0n) is 32.0. The van der Waals surface area contributed by atoms with Gasteiger partial charge in [0.15, 0.2) is 12.6 Å². The van der Waals surface area contributed by atoms with Crippen molar-refractivity contribution in [1.29, 1.82) is 0 Å². The normalized spacial score (nSPS) is 34.9. The third-order valence-corrected chi connectivity index (χ3v) is 11.2. The van der Waals surface area contributed by atoms with Crippen molar-refractivity contribution >= 4 is 16.5 Å². The van der Waals surface area contributed by atoms with E-state index in [2.05, 4.69) is 4.18 Å². The van der Waals surface area contributed by atoms with Crippen molar-refractivity contribution in [3.63, 3.8) is 0 Å². The van der Waals surface area contributed by atoms with Crippen LogP contribution in [0.3, 0.4) is 0 Å². The molecular weight excluding hydrogens is 798 g/mol. The first-order chi connectivity index (χ1) is 28.4. The number of rotatable bonds is 16. The Morgan fingerprint density at radius 2 is 1.20 bits per heavy atom. The number of amides is 1. The van der Waals surface area contributed by atoms with Gasteiger partial charge in [0.25, 0.3) is 0 Å². The van der Waals surface area contributed by atoms with E-state index in [0.717, 1.165) is 16.7 Å². The Bertz CT molecular complexity index is 1900. The summed E-state index contributed by atoms with van der Waals surface area (Å²) in [4.78, 5) is 14.0. The van der Waals surface area contributed by atoms with Crippen molar-refractivity contribution in [2.45, 2.75) is 113 Å². The van der Waals surface area contributed by atoms with Crippen LogP contribution in [0.2, 0.25) is 0 Å². The number of fused-ring (bicyclic) bond motifs is 1. The molecule has 0 unspecified atom stereocenters. The van der Waals surface area contributed by atoms with Crippen LogP contribution in [-0.4, -0.2) is 150 Å². The molecule has 0 saturated carbocycles. The number of nitrogens with zero attached hydrogens (tertiary/aromatic N) is 1. The highest BCUT2D eigenvalue weighted by atomic mass is 32.3. The molecule has 1 amide bonds. The molecule has 4 aliphatic heterocycles. The summed E-state index contributed by atoms with van der Waals surface area (Å²) in [5, 5.41) is 43.5. The molecule has 0 aliphatic carbocycles. The smallest absolute Gasteiger partial charge is 0.410 e. The topological polar surface area (TPSA) is 239 Å². The molecule has 19 heteroatoms. The van der Waals surface area contributed by atoms with E-state index < -0.39 is 109 Å². The van der Waals surface area contributed by atoms with Gasteiger partial charge in [-0.1, -0.05) is 91.0 Å². The number of aliphatic hydroxyl groups is 4. The van der Waals surface area contributed by atoms with Crippen molar-refractivity contribution in [2.24, 2.45) is 0 Å². The summed E-state index contributed by atoms with van der Waals surface area (Å²) < 4.78 is 87.5. The van der Waals surface area contributed by atoms with Crippen LogP contribution in [0.4, 0.5) is 4.79 Å². The van der Waals surface area contributed by atoms with Gasteiger partial charge in [-0.3, -0.25) is 9.45 Å². The minimum Gasteiger partial charge on any atom is -0.447 e. The second kappa shape index (κ2) is 19.4. The molecule has 18 nitrogen and oxygen atoms in total. The zero-order chi connectivity index (χ0) is 41.7. The number of carbonyl (C=O) groups excluding carboxylic acids is 1. The molecule has 0 spiro atoms. The van der Waals surface area contributed by atoms with Crippen LogP contribution in [0.15, 0.2) is 91.0 Å². The summed E-state index contributed by atoms with van der Waals surface area (Å²) >= 11 is 0. The fraction of sp³-hybridized carbons (Fsp3) is 0.525. The van der Waals surface area contributed by atoms with Gasteiger partial charge < -0.3 is 58.3 Å². The van der Waals surface area contributed by atoms with Crippen LogP contribution < -0.4 is 0 Å². The van der Waals surface area contributed by atoms with Gasteiger partial charge in [0.1, 0.15) is 67.6 Å². The summed E-state index contributed by atoms with van der Waals surface area (Å²) in [6.07, 6.45) is -19.1. The van der Waals surface area contributed by atoms with Gasteiger partial charge in [-0.2, -0.15) is 8.42 Å². The van der Waals surface area contributed by atoms with Crippen LogP contribution >= 0.6 is 0 Å². The lowest BCUT2D eigenvalue weighted by Gasteiger charge is -2.50. The molecule has 0 aromatic heterocycles. The van der Waals surface area contributed by atoms with E-state index in [-0.39, 0.29) is 33.0 Å². The molecule has 322 valence electrons. The Morgan fingerprint density at radius 1 is 0.678 bits per heavy atom. The fourth-order valence-electron chi connectivity index (χ4n) is 7.73. The first-order valence-corrected chi connectivity index (χ1v) is 20.6. The molecule has 59 heavy (non-hydrogen) atoms. The molecule has 14 atom stereocenters. The summed E-state index contributed by atoms with van der Waals surface area (Å²) in [5.41, 5.74) is 2.62. The molecule has 0 bridgehead atoms. The second-order valence-corrected chi connectivity index (χ2v) is 15.8. The maximum Gasteiger partial charge on any atom is 0.410 e. The van der Waals surface area contributed by atoms with E-state index in [1.54, 1.807) is 6.92 Å². The fourth-order valence-corrected chi connectivity index (χ4v) is 8.24. The number of carbonyl (C=O) groups is 1. The summed E-state index contributed by atoms with van der Waals surface area (Å²) in [7, 11) is -5.23. The SMILES string of the molecule is C[C@@H]1O[C@@H](O[C@H]2[C@H](O[C@@H]3O[C@H](CO)[C@H](O)[C@H](OS(=O)(=O)O)[C@H]3O)[C@H]3COC(=O)N3C[C@@H]2O)[C@@H](OCc2ccccc2)[C@H](OCc2ccccc2)[C@@H]1OCc1ccccc1. The van der Waals surface area contributed by atoms with E-state index in [4.69, 9.17) is 37.9 Å². The van der Waals surface area contributed by atoms with Crippen LogP contribution in [-0.2, 0) is 72.3 Å². The van der Waals surface area contributed by atoms with Gasteiger partial charge in [0.05, 0.1) is 45.1 Å². The Kier molecular flexibility index (Phi) is 14.3. The Hall–Kier alpha value is -3.64. The number of benzene rings is 3. The Balaban J connectivity index is 1.21. The van der Waals surface area contributed by atoms with Gasteiger partial charge >= 0.3 is 16.5 Å². The summed E-state index contributed by atoms with van der Waals surface area (Å²) in [5.74, 6) is 0. The van der Waals surface area contributed by atoms with E-state index >= 15 is 0 Å². The number of cyclic esters (lactones) is 1. The van der Waals surface area contributed by atoms with Crippen molar-refractivity contribution in [3.8, 4) is 0 Å². The average molecular weight is 848 g/mol. The quantitative estimate of drug-likeness (QED) is 0.127. The zero-order valence-corrected chi connectivity index (χ0v) is 32.8. The molecule has 4 heterocycles. The maximum absolute atomic E-state index is 12.8. The van der Waals surface area contributed by atoms with E-state index in [1.807, 2.05) is 91.0 Å². The van der Waals surface area contributed by atoms with Crippen molar-refractivity contribution < 1.29 is 80.3 Å². The Labute approximate surface area is 341 Å². The number of hydrogen-bond donors (Lipinski definition) is 5. The number of piperidine rings is 1. The molecule has 3 aromatic rings. The highest BCUT2D eigenvalue weighted by Gasteiger charge is 2.57. The molecule has 5 N–H and O–H groups in total.